The molecule has 2 aromatic rings. The molecule has 0 radical (unpaired) electrons. The molecule has 0 fully saturated rings. The van der Waals surface area contributed by atoms with E-state index in [1.165, 1.54) is 5.56 Å². The molecule has 0 bridgehead atoms. The highest BCUT2D eigenvalue weighted by molar-refractivity contribution is 9.10. The van der Waals surface area contributed by atoms with Crippen molar-refractivity contribution in [3.63, 3.8) is 0 Å². The first-order chi connectivity index (χ1) is 9.17. The second kappa shape index (κ2) is 7.17. The van der Waals surface area contributed by atoms with Crippen LogP contribution in [0.5, 0.6) is 0 Å². The molecular formula is C15H16Br2N2. The van der Waals surface area contributed by atoms with Gasteiger partial charge in [0.25, 0.3) is 0 Å². The van der Waals surface area contributed by atoms with Crippen LogP contribution >= 0.6 is 31.9 Å². The minimum atomic E-state index is 0.426. The van der Waals surface area contributed by atoms with E-state index >= 15 is 0 Å². The van der Waals surface area contributed by atoms with Crippen molar-refractivity contribution >= 4 is 31.9 Å². The number of rotatable bonds is 5. The third kappa shape index (κ3) is 4.71. The summed E-state index contributed by atoms with van der Waals surface area (Å²) < 4.78 is 2.11. The van der Waals surface area contributed by atoms with Gasteiger partial charge in [-0.2, -0.15) is 0 Å². The van der Waals surface area contributed by atoms with Crippen LogP contribution in [-0.4, -0.2) is 11.5 Å². The van der Waals surface area contributed by atoms with Crippen LogP contribution < -0.4 is 5.73 Å². The van der Waals surface area contributed by atoms with E-state index in [1.54, 1.807) is 0 Å². The molecule has 0 saturated carbocycles. The van der Waals surface area contributed by atoms with Gasteiger partial charge in [-0.15, -0.1) is 0 Å². The third-order valence-corrected chi connectivity index (χ3v) is 4.06. The minimum absolute atomic E-state index is 0.426. The van der Waals surface area contributed by atoms with E-state index in [2.05, 4.69) is 61.1 Å². The number of pyridine rings is 1. The number of hydrogen-bond acceptors (Lipinski definition) is 2. The summed E-state index contributed by atoms with van der Waals surface area (Å²) in [7, 11) is 0. The van der Waals surface area contributed by atoms with Gasteiger partial charge in [0.1, 0.15) is 0 Å². The number of nitrogens with zero attached hydrogens (tertiary/aromatic N) is 1. The van der Waals surface area contributed by atoms with Crippen molar-refractivity contribution in [1.82, 2.24) is 4.98 Å². The lowest BCUT2D eigenvalue weighted by molar-refractivity contribution is 0.526. The highest BCUT2D eigenvalue weighted by Gasteiger charge is 2.10. The first-order valence-electron chi connectivity index (χ1n) is 6.22. The van der Waals surface area contributed by atoms with Gasteiger partial charge in [-0.05, 0) is 71.1 Å². The fourth-order valence-corrected chi connectivity index (χ4v) is 2.51. The number of hydrogen-bond donors (Lipinski definition) is 1. The van der Waals surface area contributed by atoms with Gasteiger partial charge in [-0.25, -0.2) is 0 Å². The minimum Gasteiger partial charge on any atom is -0.330 e. The predicted molar refractivity (Wildman–Crippen MR) is 86.0 cm³/mol. The zero-order valence-corrected chi connectivity index (χ0v) is 13.7. The molecule has 0 amide bonds. The topological polar surface area (TPSA) is 38.9 Å². The molecule has 19 heavy (non-hydrogen) atoms. The molecular weight excluding hydrogens is 368 g/mol. The highest BCUT2D eigenvalue weighted by Crippen LogP contribution is 2.17. The van der Waals surface area contributed by atoms with Crippen LogP contribution in [0.25, 0.3) is 0 Å². The van der Waals surface area contributed by atoms with Crippen LogP contribution in [0.15, 0.2) is 51.5 Å². The van der Waals surface area contributed by atoms with Crippen LogP contribution in [0.1, 0.15) is 11.3 Å². The summed E-state index contributed by atoms with van der Waals surface area (Å²) in [5, 5.41) is 0. The smallest absolute Gasteiger partial charge is 0.0413 e. The van der Waals surface area contributed by atoms with E-state index in [9.17, 15) is 0 Å². The van der Waals surface area contributed by atoms with Crippen molar-refractivity contribution in [3.05, 3.63) is 62.8 Å². The monoisotopic (exact) mass is 382 g/mol. The zero-order chi connectivity index (χ0) is 13.7. The van der Waals surface area contributed by atoms with Crippen molar-refractivity contribution in [1.29, 1.82) is 0 Å². The number of aromatic nitrogens is 1. The molecule has 0 spiro atoms. The van der Waals surface area contributed by atoms with Gasteiger partial charge in [0.15, 0.2) is 0 Å². The zero-order valence-electron chi connectivity index (χ0n) is 10.5. The molecule has 1 unspecified atom stereocenters. The Labute approximate surface area is 130 Å². The predicted octanol–water partition coefficient (Wildman–Crippen LogP) is 3.97. The Morgan fingerprint density at radius 3 is 2.21 bits per heavy atom. The highest BCUT2D eigenvalue weighted by atomic mass is 79.9. The van der Waals surface area contributed by atoms with Crippen molar-refractivity contribution < 1.29 is 0 Å². The maximum Gasteiger partial charge on any atom is 0.0413 e. The molecule has 2 nitrogen and oxygen atoms in total. The molecule has 0 aliphatic rings. The SMILES string of the molecule is NCC(Cc1ccc(Br)cc1)Cc1ccc(Br)cn1. The van der Waals surface area contributed by atoms with Crippen molar-refractivity contribution in [2.24, 2.45) is 11.7 Å². The first-order valence-corrected chi connectivity index (χ1v) is 7.81. The van der Waals surface area contributed by atoms with Crippen molar-refractivity contribution in [2.45, 2.75) is 12.8 Å². The summed E-state index contributed by atoms with van der Waals surface area (Å²) in [5.74, 6) is 0.426. The maximum atomic E-state index is 5.88. The van der Waals surface area contributed by atoms with E-state index in [4.69, 9.17) is 5.73 Å². The third-order valence-electron chi connectivity index (χ3n) is 3.06. The average molecular weight is 384 g/mol. The fourth-order valence-electron chi connectivity index (χ4n) is 2.02. The fraction of sp³-hybridized carbons (Fsp3) is 0.267. The number of halogens is 2. The van der Waals surface area contributed by atoms with Gasteiger partial charge >= 0.3 is 0 Å². The molecule has 2 rings (SSSR count). The molecule has 4 heteroatoms. The average Bonchev–Trinajstić information content (AvgIpc) is 2.43. The lowest BCUT2D eigenvalue weighted by Gasteiger charge is -2.14. The summed E-state index contributed by atoms with van der Waals surface area (Å²) in [6.45, 7) is 0.674. The quantitative estimate of drug-likeness (QED) is 0.848. The molecule has 1 aromatic heterocycles. The van der Waals surface area contributed by atoms with Crippen LogP contribution in [-0.2, 0) is 12.8 Å². The van der Waals surface area contributed by atoms with E-state index in [0.29, 0.717) is 12.5 Å². The Bertz CT molecular complexity index is 461. The van der Waals surface area contributed by atoms with Crippen LogP contribution in [0.3, 0.4) is 0 Å². The molecule has 0 aliphatic carbocycles. The van der Waals surface area contributed by atoms with E-state index in [1.807, 2.05) is 18.3 Å². The lowest BCUT2D eigenvalue weighted by atomic mass is 9.95. The summed E-state index contributed by atoms with van der Waals surface area (Å²) in [4.78, 5) is 4.41. The molecule has 0 saturated heterocycles. The van der Waals surface area contributed by atoms with Crippen LogP contribution in [0, 0.1) is 5.92 Å². The molecule has 1 heterocycles. The second-order valence-corrected chi connectivity index (χ2v) is 6.44. The van der Waals surface area contributed by atoms with E-state index in [0.717, 1.165) is 27.5 Å². The summed E-state index contributed by atoms with van der Waals surface area (Å²) in [6.07, 6.45) is 3.74. The van der Waals surface area contributed by atoms with Gasteiger partial charge in [-0.3, -0.25) is 4.98 Å². The van der Waals surface area contributed by atoms with E-state index < -0.39 is 0 Å². The van der Waals surface area contributed by atoms with E-state index in [-0.39, 0.29) is 0 Å². The second-order valence-electron chi connectivity index (χ2n) is 4.60. The Morgan fingerprint density at radius 2 is 1.63 bits per heavy atom. The van der Waals surface area contributed by atoms with Gasteiger partial charge in [0.05, 0.1) is 0 Å². The van der Waals surface area contributed by atoms with Gasteiger partial charge < -0.3 is 5.73 Å². The molecule has 100 valence electrons. The number of nitrogens with two attached hydrogens (primary N) is 1. The molecule has 0 aliphatic heterocycles. The van der Waals surface area contributed by atoms with Crippen molar-refractivity contribution in [2.75, 3.05) is 6.54 Å². The van der Waals surface area contributed by atoms with Gasteiger partial charge in [0.2, 0.25) is 0 Å². The Balaban J connectivity index is 2.00. The summed E-state index contributed by atoms with van der Waals surface area (Å²) in [5.41, 5.74) is 8.29. The Hall–Kier alpha value is -0.710. The maximum absolute atomic E-state index is 5.88. The Kier molecular flexibility index (Phi) is 5.55. The number of benzene rings is 1. The summed E-state index contributed by atoms with van der Waals surface area (Å²) >= 11 is 6.85. The van der Waals surface area contributed by atoms with Crippen molar-refractivity contribution in [3.8, 4) is 0 Å². The molecule has 1 atom stereocenters. The standard InChI is InChI=1S/C15H16Br2N2/c16-13-3-1-11(2-4-13)7-12(9-18)8-15-6-5-14(17)10-19-15/h1-6,10,12H,7-9,18H2. The van der Waals surface area contributed by atoms with Crippen LogP contribution in [0.2, 0.25) is 0 Å². The largest absolute Gasteiger partial charge is 0.330 e. The Morgan fingerprint density at radius 1 is 0.947 bits per heavy atom. The van der Waals surface area contributed by atoms with Crippen LogP contribution in [0.4, 0.5) is 0 Å². The lowest BCUT2D eigenvalue weighted by Crippen LogP contribution is -2.19. The van der Waals surface area contributed by atoms with Gasteiger partial charge in [-0.1, -0.05) is 28.1 Å². The molecule has 2 N–H and O–H groups in total. The first kappa shape index (κ1) is 14.7. The van der Waals surface area contributed by atoms with Gasteiger partial charge in [0, 0.05) is 20.8 Å². The molecule has 1 aromatic carbocycles. The normalized spacial score (nSPS) is 12.4. The summed E-state index contributed by atoms with van der Waals surface area (Å²) in [6, 6.07) is 12.5.